The van der Waals surface area contributed by atoms with Crippen molar-refractivity contribution in [1.82, 2.24) is 0 Å². The maximum Gasteiger partial charge on any atom is 0.162 e. The van der Waals surface area contributed by atoms with E-state index in [2.05, 4.69) is 6.92 Å². The number of hydrogen-bond acceptors (Lipinski definition) is 2. The Hall–Kier alpha value is -0.480. The topological polar surface area (TPSA) is 113 Å². The highest BCUT2D eigenvalue weighted by molar-refractivity contribution is 4.94. The molecule has 0 spiro atoms. The highest BCUT2D eigenvalue weighted by Crippen LogP contribution is 2.48. The molecular weight excluding hydrogens is 432 g/mol. The molecule has 5 atom stereocenters. The summed E-state index contributed by atoms with van der Waals surface area (Å²) in [4.78, 5) is 0. The molecule has 5 nitrogen and oxygen atoms in total. The normalized spacial score (nSPS) is 47.3. The molecule has 192 valence electrons. The number of halogens is 4. The van der Waals surface area contributed by atoms with Crippen LogP contribution in [0.25, 0.3) is 0 Å². The van der Waals surface area contributed by atoms with Crippen molar-refractivity contribution in [3.8, 4) is 0 Å². The van der Waals surface area contributed by atoms with Crippen molar-refractivity contribution in [2.75, 3.05) is 13.2 Å². The van der Waals surface area contributed by atoms with Crippen LogP contribution in [0.15, 0.2) is 0 Å². The van der Waals surface area contributed by atoms with Gasteiger partial charge in [-0.3, -0.25) is 0 Å². The summed E-state index contributed by atoms with van der Waals surface area (Å²) in [5.41, 5.74) is 0. The second-order valence-corrected chi connectivity index (χ2v) is 10.3. The van der Waals surface area contributed by atoms with Gasteiger partial charge in [0.05, 0.1) is 13.2 Å². The predicted molar refractivity (Wildman–Crippen MR) is 114 cm³/mol. The third-order valence-electron chi connectivity index (χ3n) is 8.17. The molecule has 1 saturated heterocycles. The molecule has 32 heavy (non-hydrogen) atoms. The highest BCUT2D eigenvalue weighted by Gasteiger charge is 2.46. The molecule has 5 unspecified atom stereocenters. The molecule has 3 aliphatic carbocycles. The molecule has 1 heterocycles. The van der Waals surface area contributed by atoms with Gasteiger partial charge in [-0.25, -0.2) is 17.6 Å². The van der Waals surface area contributed by atoms with Gasteiger partial charge in [-0.1, -0.05) is 6.92 Å². The lowest BCUT2D eigenvalue weighted by Crippen LogP contribution is -2.43. The van der Waals surface area contributed by atoms with Gasteiger partial charge in [-0.15, -0.1) is 0 Å². The van der Waals surface area contributed by atoms with Crippen LogP contribution in [0.5, 0.6) is 0 Å². The molecule has 4 rings (SSSR count). The molecule has 0 bridgehead atoms. The van der Waals surface area contributed by atoms with Crippen LogP contribution >= 0.6 is 0 Å². The van der Waals surface area contributed by atoms with Crippen LogP contribution in [0.3, 0.4) is 0 Å². The first-order valence-corrected chi connectivity index (χ1v) is 11.7. The first-order chi connectivity index (χ1) is 13.9. The summed E-state index contributed by atoms with van der Waals surface area (Å²) in [6.07, 6.45) is -0.344. The average molecular weight is 475 g/mol. The summed E-state index contributed by atoms with van der Waals surface area (Å²) in [5.74, 6) is 1.11. The Bertz CT molecular complexity index is 517. The van der Waals surface area contributed by atoms with Crippen LogP contribution < -0.4 is 0 Å². The van der Waals surface area contributed by atoms with E-state index in [9.17, 15) is 13.2 Å². The van der Waals surface area contributed by atoms with E-state index in [1.807, 2.05) is 0 Å². The molecule has 0 radical (unpaired) electrons. The van der Waals surface area contributed by atoms with Gasteiger partial charge in [-0.2, -0.15) is 0 Å². The Kier molecular flexibility index (Phi) is 11.9. The molecule has 9 heteroatoms. The lowest BCUT2D eigenvalue weighted by Gasteiger charge is -2.44. The fourth-order valence-corrected chi connectivity index (χ4v) is 6.41. The minimum atomic E-state index is -2.03. The molecular formula is C23H42F4O5. The van der Waals surface area contributed by atoms with Crippen molar-refractivity contribution in [3.05, 3.63) is 0 Å². The van der Waals surface area contributed by atoms with Crippen LogP contribution in [0.2, 0.25) is 0 Å². The van der Waals surface area contributed by atoms with Crippen molar-refractivity contribution in [2.24, 2.45) is 35.5 Å². The number of ether oxygens (including phenoxy) is 2. The Balaban J connectivity index is 0.00000171. The minimum Gasteiger partial charge on any atom is -0.412 e. The second-order valence-electron chi connectivity index (χ2n) is 10.3. The predicted octanol–water partition coefficient (Wildman–Crippen LogP) is 3.51. The highest BCUT2D eigenvalue weighted by atomic mass is 19.2. The van der Waals surface area contributed by atoms with Gasteiger partial charge < -0.3 is 25.9 Å². The van der Waals surface area contributed by atoms with Gasteiger partial charge in [-0.05, 0) is 81.5 Å². The van der Waals surface area contributed by atoms with Crippen LogP contribution in [0, 0.1) is 35.5 Å². The van der Waals surface area contributed by atoms with Gasteiger partial charge in [0, 0.05) is 11.8 Å². The standard InChI is InChI=1S/C23H36F4O2.3H2O/c1-13-11-28-23(29-12-13)15-4-2-14(3-5-15)16-6-7-18(19(24)8-16)17-9-20(25)22(27)21(26)10-17;;;/h13-23H,2-12H2,1H3;3*1H2. The monoisotopic (exact) mass is 474 g/mol. The third kappa shape index (κ3) is 6.56. The molecule has 4 fully saturated rings. The van der Waals surface area contributed by atoms with Crippen LogP contribution in [-0.2, 0) is 9.47 Å². The van der Waals surface area contributed by atoms with Crippen molar-refractivity contribution < 1.29 is 43.5 Å². The van der Waals surface area contributed by atoms with E-state index in [0.717, 1.165) is 45.3 Å². The van der Waals surface area contributed by atoms with Crippen molar-refractivity contribution in [2.45, 2.75) is 95.7 Å². The zero-order valence-corrected chi connectivity index (χ0v) is 19.0. The van der Waals surface area contributed by atoms with E-state index in [-0.39, 0.29) is 47.4 Å². The van der Waals surface area contributed by atoms with E-state index in [1.165, 1.54) is 0 Å². The van der Waals surface area contributed by atoms with E-state index in [1.54, 1.807) is 0 Å². The van der Waals surface area contributed by atoms with Gasteiger partial charge in [0.25, 0.3) is 0 Å². The minimum absolute atomic E-state index is 0. The summed E-state index contributed by atoms with van der Waals surface area (Å²) in [7, 11) is 0. The van der Waals surface area contributed by atoms with Gasteiger partial charge in [0.2, 0.25) is 0 Å². The van der Waals surface area contributed by atoms with Gasteiger partial charge in [0.15, 0.2) is 12.5 Å². The summed E-state index contributed by atoms with van der Waals surface area (Å²) >= 11 is 0. The van der Waals surface area contributed by atoms with Crippen LogP contribution in [0.1, 0.15) is 64.7 Å². The number of alkyl halides is 4. The fraction of sp³-hybridized carbons (Fsp3) is 1.00. The molecule has 0 aromatic heterocycles. The number of rotatable bonds is 3. The SMILES string of the molecule is CC1COC(C2CCC(C3CCC(C4CC(F)C(F)C(F)C4)C(F)C3)CC2)OC1.O.O.O. The van der Waals surface area contributed by atoms with Crippen LogP contribution in [0.4, 0.5) is 17.6 Å². The second kappa shape index (κ2) is 12.8. The van der Waals surface area contributed by atoms with Crippen LogP contribution in [-0.4, -0.2) is 60.6 Å². The summed E-state index contributed by atoms with van der Waals surface area (Å²) in [5, 5.41) is 0. The maximum absolute atomic E-state index is 15.0. The molecule has 4 aliphatic rings. The Morgan fingerprint density at radius 1 is 0.562 bits per heavy atom. The largest absolute Gasteiger partial charge is 0.412 e. The van der Waals surface area contributed by atoms with Crippen molar-refractivity contribution in [3.63, 3.8) is 0 Å². The number of hydrogen-bond donors (Lipinski definition) is 0. The molecule has 1 aliphatic heterocycles. The Morgan fingerprint density at radius 3 is 1.56 bits per heavy atom. The lowest BCUT2D eigenvalue weighted by atomic mass is 9.64. The molecule has 0 aromatic carbocycles. The van der Waals surface area contributed by atoms with Gasteiger partial charge >= 0.3 is 0 Å². The summed E-state index contributed by atoms with van der Waals surface area (Å²) < 4.78 is 67.7. The first-order valence-electron chi connectivity index (χ1n) is 11.7. The zero-order chi connectivity index (χ0) is 20.5. The molecule has 3 saturated carbocycles. The fourth-order valence-electron chi connectivity index (χ4n) is 6.41. The zero-order valence-electron chi connectivity index (χ0n) is 19.0. The summed E-state index contributed by atoms with van der Waals surface area (Å²) in [6.45, 7) is 3.66. The van der Waals surface area contributed by atoms with Crippen molar-refractivity contribution in [1.29, 1.82) is 0 Å². The van der Waals surface area contributed by atoms with E-state index >= 15 is 4.39 Å². The average Bonchev–Trinajstić information content (AvgIpc) is 2.72. The van der Waals surface area contributed by atoms with E-state index in [4.69, 9.17) is 9.47 Å². The Morgan fingerprint density at radius 2 is 1.03 bits per heavy atom. The third-order valence-corrected chi connectivity index (χ3v) is 8.17. The molecule has 6 N–H and O–H groups in total. The maximum atomic E-state index is 15.0. The van der Waals surface area contributed by atoms with Crippen molar-refractivity contribution >= 4 is 0 Å². The van der Waals surface area contributed by atoms with E-state index in [0.29, 0.717) is 36.5 Å². The molecule has 0 amide bonds. The lowest BCUT2D eigenvalue weighted by molar-refractivity contribution is -0.227. The Labute approximate surface area is 188 Å². The summed E-state index contributed by atoms with van der Waals surface area (Å²) in [6, 6.07) is 0. The smallest absolute Gasteiger partial charge is 0.162 e. The van der Waals surface area contributed by atoms with Gasteiger partial charge in [0.1, 0.15) is 18.5 Å². The van der Waals surface area contributed by atoms with E-state index < -0.39 is 24.7 Å². The molecule has 0 aromatic rings. The first kappa shape index (κ1) is 29.6. The quantitative estimate of drug-likeness (QED) is 0.583.